The van der Waals surface area contributed by atoms with E-state index in [2.05, 4.69) is 15.4 Å². The molecule has 6 nitrogen and oxygen atoms in total. The first-order valence-corrected chi connectivity index (χ1v) is 6.06. The van der Waals surface area contributed by atoms with E-state index in [0.29, 0.717) is 0 Å². The topological polar surface area (TPSA) is 93.0 Å². The molecular weight excluding hydrogens is 242 g/mol. The SMILES string of the molecule is Cc1ccc(S(=O)(=O)O)cc1.c1cnnnc1. The Morgan fingerprint density at radius 1 is 1.06 bits per heavy atom. The second-order valence-electron chi connectivity index (χ2n) is 3.10. The van der Waals surface area contributed by atoms with Crippen molar-refractivity contribution < 1.29 is 13.0 Å². The summed E-state index contributed by atoms with van der Waals surface area (Å²) in [5, 5.41) is 10.1. The first-order chi connectivity index (χ1) is 8.00. The molecule has 90 valence electrons. The van der Waals surface area contributed by atoms with Crippen LogP contribution in [0.1, 0.15) is 5.56 Å². The van der Waals surface area contributed by atoms with E-state index in [0.717, 1.165) is 5.56 Å². The van der Waals surface area contributed by atoms with Crippen LogP contribution in [0.3, 0.4) is 0 Å². The van der Waals surface area contributed by atoms with Crippen molar-refractivity contribution in [3.05, 3.63) is 48.3 Å². The lowest BCUT2D eigenvalue weighted by molar-refractivity contribution is 0.483. The van der Waals surface area contributed by atoms with Crippen molar-refractivity contribution in [3.63, 3.8) is 0 Å². The molecule has 0 bridgehead atoms. The van der Waals surface area contributed by atoms with Crippen LogP contribution in [-0.4, -0.2) is 28.4 Å². The summed E-state index contributed by atoms with van der Waals surface area (Å²) in [6.07, 6.45) is 3.15. The lowest BCUT2D eigenvalue weighted by Crippen LogP contribution is -1.96. The number of hydrogen-bond acceptors (Lipinski definition) is 5. The lowest BCUT2D eigenvalue weighted by atomic mass is 10.2. The standard InChI is InChI=1S/C7H8O3S.C3H3N3/c1-6-2-4-7(5-3-6)11(8,9)10;1-2-4-6-5-3-1/h2-5H,1H3,(H,8,9,10);1-3H. The van der Waals surface area contributed by atoms with Crippen molar-refractivity contribution in [1.82, 2.24) is 15.4 Å². The first kappa shape index (κ1) is 13.2. The Morgan fingerprint density at radius 2 is 1.59 bits per heavy atom. The van der Waals surface area contributed by atoms with Crippen molar-refractivity contribution >= 4 is 10.1 Å². The average molecular weight is 253 g/mol. The molecule has 1 aromatic heterocycles. The molecule has 2 rings (SSSR count). The van der Waals surface area contributed by atoms with Crippen LogP contribution < -0.4 is 0 Å². The summed E-state index contributed by atoms with van der Waals surface area (Å²) in [6.45, 7) is 1.84. The zero-order valence-corrected chi connectivity index (χ0v) is 9.87. The smallest absolute Gasteiger partial charge is 0.282 e. The molecule has 1 N–H and O–H groups in total. The van der Waals surface area contributed by atoms with Gasteiger partial charge in [0.1, 0.15) is 0 Å². The van der Waals surface area contributed by atoms with Gasteiger partial charge in [-0.2, -0.15) is 8.42 Å². The van der Waals surface area contributed by atoms with E-state index < -0.39 is 10.1 Å². The van der Waals surface area contributed by atoms with E-state index in [9.17, 15) is 8.42 Å². The minimum absolute atomic E-state index is 0.0666. The summed E-state index contributed by atoms with van der Waals surface area (Å²) < 4.78 is 29.6. The quantitative estimate of drug-likeness (QED) is 0.765. The number of rotatable bonds is 1. The molecule has 0 spiro atoms. The lowest BCUT2D eigenvalue weighted by Gasteiger charge is -1.95. The van der Waals surface area contributed by atoms with Gasteiger partial charge in [0.15, 0.2) is 0 Å². The Balaban J connectivity index is 0.000000202. The Bertz CT molecular complexity index is 514. The fourth-order valence-corrected chi connectivity index (χ4v) is 1.40. The van der Waals surface area contributed by atoms with Crippen molar-refractivity contribution in [3.8, 4) is 0 Å². The highest BCUT2D eigenvalue weighted by Gasteiger charge is 2.06. The van der Waals surface area contributed by atoms with Gasteiger partial charge in [-0.1, -0.05) is 17.7 Å². The maximum absolute atomic E-state index is 10.5. The summed E-state index contributed by atoms with van der Waals surface area (Å²) in [4.78, 5) is -0.0666. The molecule has 0 saturated heterocycles. The zero-order valence-electron chi connectivity index (χ0n) is 9.06. The molecule has 0 aliphatic heterocycles. The van der Waals surface area contributed by atoms with Gasteiger partial charge in [-0.3, -0.25) is 4.55 Å². The van der Waals surface area contributed by atoms with Crippen molar-refractivity contribution in [2.45, 2.75) is 11.8 Å². The summed E-state index contributed by atoms with van der Waals surface area (Å²) in [7, 11) is -4.02. The summed E-state index contributed by atoms with van der Waals surface area (Å²) in [5.41, 5.74) is 0.956. The molecule has 1 aromatic carbocycles. The minimum Gasteiger partial charge on any atom is -0.282 e. The van der Waals surface area contributed by atoms with Gasteiger partial charge < -0.3 is 0 Å². The van der Waals surface area contributed by atoms with Crippen molar-refractivity contribution in [1.29, 1.82) is 0 Å². The predicted molar refractivity (Wildman–Crippen MR) is 60.8 cm³/mol. The Morgan fingerprint density at radius 3 is 1.88 bits per heavy atom. The van der Waals surface area contributed by atoms with Crippen LogP contribution in [0.5, 0.6) is 0 Å². The van der Waals surface area contributed by atoms with Gasteiger partial charge in [-0.15, -0.1) is 10.2 Å². The van der Waals surface area contributed by atoms with Gasteiger partial charge in [0.05, 0.1) is 17.3 Å². The molecule has 0 saturated carbocycles. The number of aromatic nitrogens is 3. The van der Waals surface area contributed by atoms with E-state index in [1.165, 1.54) is 12.1 Å². The van der Waals surface area contributed by atoms with Crippen LogP contribution in [-0.2, 0) is 10.1 Å². The highest BCUT2D eigenvalue weighted by Crippen LogP contribution is 2.08. The third-order valence-corrected chi connectivity index (χ3v) is 2.60. The van der Waals surface area contributed by atoms with Crippen LogP contribution in [0.15, 0.2) is 47.6 Å². The molecule has 17 heavy (non-hydrogen) atoms. The average Bonchev–Trinajstić information content (AvgIpc) is 2.31. The molecule has 0 unspecified atom stereocenters. The van der Waals surface area contributed by atoms with Crippen molar-refractivity contribution in [2.75, 3.05) is 0 Å². The zero-order chi connectivity index (χ0) is 12.7. The fourth-order valence-electron chi connectivity index (χ4n) is 0.915. The van der Waals surface area contributed by atoms with Crippen LogP contribution in [0.2, 0.25) is 0 Å². The van der Waals surface area contributed by atoms with Gasteiger partial charge in [0.25, 0.3) is 10.1 Å². The second kappa shape index (κ2) is 6.02. The Kier molecular flexibility index (Phi) is 4.68. The molecule has 0 atom stereocenters. The van der Waals surface area contributed by atoms with Gasteiger partial charge in [-0.25, -0.2) is 0 Å². The number of nitrogens with zero attached hydrogens (tertiary/aromatic N) is 3. The number of aryl methyl sites for hydroxylation is 1. The van der Waals surface area contributed by atoms with Crippen molar-refractivity contribution in [2.24, 2.45) is 0 Å². The minimum atomic E-state index is -4.02. The molecule has 2 aromatic rings. The maximum Gasteiger partial charge on any atom is 0.294 e. The van der Waals surface area contributed by atoms with Crippen LogP contribution >= 0.6 is 0 Å². The molecule has 0 aliphatic rings. The molecule has 0 amide bonds. The van der Waals surface area contributed by atoms with Crippen LogP contribution in [0.25, 0.3) is 0 Å². The van der Waals surface area contributed by atoms with E-state index in [1.54, 1.807) is 30.6 Å². The predicted octanol–water partition coefficient (Wildman–Crippen LogP) is 1.11. The highest BCUT2D eigenvalue weighted by molar-refractivity contribution is 7.85. The number of hydrogen-bond donors (Lipinski definition) is 1. The molecular formula is C10H11N3O3S. The molecule has 7 heteroatoms. The van der Waals surface area contributed by atoms with E-state index in [-0.39, 0.29) is 4.90 Å². The summed E-state index contributed by atoms with van der Waals surface area (Å²) in [5.74, 6) is 0. The largest absolute Gasteiger partial charge is 0.294 e. The third kappa shape index (κ3) is 5.14. The first-order valence-electron chi connectivity index (χ1n) is 4.62. The van der Waals surface area contributed by atoms with Gasteiger partial charge >= 0.3 is 0 Å². The van der Waals surface area contributed by atoms with Crippen LogP contribution in [0.4, 0.5) is 0 Å². The van der Waals surface area contributed by atoms with Gasteiger partial charge in [0.2, 0.25) is 0 Å². The van der Waals surface area contributed by atoms with E-state index >= 15 is 0 Å². The Labute approximate surface area is 99.1 Å². The molecule has 1 heterocycles. The molecule has 0 fully saturated rings. The number of benzene rings is 1. The summed E-state index contributed by atoms with van der Waals surface area (Å²) >= 11 is 0. The normalized spacial score (nSPS) is 10.2. The van der Waals surface area contributed by atoms with Gasteiger partial charge in [0, 0.05) is 0 Å². The second-order valence-corrected chi connectivity index (χ2v) is 4.52. The van der Waals surface area contributed by atoms with Crippen LogP contribution in [0, 0.1) is 6.92 Å². The maximum atomic E-state index is 10.5. The van der Waals surface area contributed by atoms with E-state index in [4.69, 9.17) is 4.55 Å². The summed E-state index contributed by atoms with van der Waals surface area (Å²) in [6, 6.07) is 7.70. The third-order valence-electron chi connectivity index (χ3n) is 1.73. The molecule has 0 aliphatic carbocycles. The monoisotopic (exact) mass is 253 g/mol. The van der Waals surface area contributed by atoms with E-state index in [1.807, 2.05) is 6.92 Å². The fraction of sp³-hybridized carbons (Fsp3) is 0.100. The highest BCUT2D eigenvalue weighted by atomic mass is 32.2. The molecule has 0 radical (unpaired) electrons. The Hall–Kier alpha value is -1.86. The van der Waals surface area contributed by atoms with Gasteiger partial charge in [-0.05, 0) is 30.3 Å².